The van der Waals surface area contributed by atoms with Crippen molar-refractivity contribution in [1.82, 2.24) is 15.5 Å². The van der Waals surface area contributed by atoms with Crippen molar-refractivity contribution >= 4 is 0 Å². The molecular formula is C9H17N3O. The molecule has 0 aromatic carbocycles. The van der Waals surface area contributed by atoms with Crippen LogP contribution in [0.3, 0.4) is 0 Å². The van der Waals surface area contributed by atoms with Gasteiger partial charge < -0.3 is 9.73 Å². The van der Waals surface area contributed by atoms with Gasteiger partial charge in [-0.1, -0.05) is 13.8 Å². The second-order valence-electron chi connectivity index (χ2n) is 3.54. The van der Waals surface area contributed by atoms with Crippen molar-refractivity contribution in [3.05, 3.63) is 11.8 Å². The van der Waals surface area contributed by atoms with Crippen LogP contribution in [0.1, 0.15) is 25.6 Å². The van der Waals surface area contributed by atoms with Gasteiger partial charge in [0.2, 0.25) is 11.8 Å². The summed E-state index contributed by atoms with van der Waals surface area (Å²) in [4.78, 5) is 0. The molecule has 0 atom stereocenters. The van der Waals surface area contributed by atoms with Gasteiger partial charge >= 0.3 is 0 Å². The van der Waals surface area contributed by atoms with Gasteiger partial charge in [0.25, 0.3) is 0 Å². The molecule has 0 saturated carbocycles. The van der Waals surface area contributed by atoms with E-state index in [1.54, 1.807) is 0 Å². The molecular weight excluding hydrogens is 166 g/mol. The third-order valence-corrected chi connectivity index (χ3v) is 1.68. The Morgan fingerprint density at radius 2 is 2.00 bits per heavy atom. The summed E-state index contributed by atoms with van der Waals surface area (Å²) in [6, 6.07) is 0. The molecule has 4 heteroatoms. The predicted molar refractivity (Wildman–Crippen MR) is 50.5 cm³/mol. The van der Waals surface area contributed by atoms with Gasteiger partial charge in [0.15, 0.2) is 0 Å². The van der Waals surface area contributed by atoms with E-state index in [0.717, 1.165) is 31.2 Å². The lowest BCUT2D eigenvalue weighted by Gasteiger charge is -1.97. The lowest BCUT2D eigenvalue weighted by molar-refractivity contribution is 0.423. The van der Waals surface area contributed by atoms with Gasteiger partial charge in [-0.3, -0.25) is 0 Å². The lowest BCUT2D eigenvalue weighted by Crippen LogP contribution is -2.10. The molecule has 0 spiro atoms. The first-order valence-corrected chi connectivity index (χ1v) is 4.68. The number of rotatable bonds is 5. The molecule has 0 radical (unpaired) electrons. The summed E-state index contributed by atoms with van der Waals surface area (Å²) in [6.07, 6.45) is 1.67. The number of hydrogen-bond donors (Lipinski definition) is 1. The van der Waals surface area contributed by atoms with Crippen LogP contribution in [0.25, 0.3) is 0 Å². The van der Waals surface area contributed by atoms with Crippen LogP contribution in [0.2, 0.25) is 0 Å². The zero-order chi connectivity index (χ0) is 9.68. The Balaban J connectivity index is 2.44. The van der Waals surface area contributed by atoms with Gasteiger partial charge in [0.05, 0.1) is 0 Å². The molecule has 0 bridgehead atoms. The minimum Gasteiger partial charge on any atom is -0.425 e. The Kier molecular flexibility index (Phi) is 3.89. The molecule has 1 aromatic rings. The van der Waals surface area contributed by atoms with Crippen LogP contribution in [0.15, 0.2) is 4.42 Å². The van der Waals surface area contributed by atoms with E-state index in [4.69, 9.17) is 4.42 Å². The van der Waals surface area contributed by atoms with E-state index >= 15 is 0 Å². The molecule has 1 aromatic heterocycles. The van der Waals surface area contributed by atoms with E-state index in [0.29, 0.717) is 5.92 Å². The highest BCUT2D eigenvalue weighted by Crippen LogP contribution is 2.06. The van der Waals surface area contributed by atoms with Crippen LogP contribution >= 0.6 is 0 Å². The van der Waals surface area contributed by atoms with Crippen molar-refractivity contribution in [3.63, 3.8) is 0 Å². The number of likely N-dealkylation sites (N-methyl/N-ethyl adjacent to an activating group) is 1. The highest BCUT2D eigenvalue weighted by atomic mass is 16.4. The molecule has 0 aliphatic carbocycles. The summed E-state index contributed by atoms with van der Waals surface area (Å²) < 4.78 is 5.43. The number of aromatic nitrogens is 2. The van der Waals surface area contributed by atoms with Gasteiger partial charge in [0.1, 0.15) is 0 Å². The van der Waals surface area contributed by atoms with Gasteiger partial charge in [-0.2, -0.15) is 0 Å². The minimum atomic E-state index is 0.567. The number of nitrogens with one attached hydrogen (secondary N) is 1. The molecule has 1 rings (SSSR count). The molecule has 0 saturated heterocycles. The highest BCUT2D eigenvalue weighted by Gasteiger charge is 2.06. The molecule has 1 heterocycles. The average Bonchev–Trinajstić information content (AvgIpc) is 2.48. The van der Waals surface area contributed by atoms with E-state index in [2.05, 4.69) is 29.4 Å². The quantitative estimate of drug-likeness (QED) is 0.740. The maximum atomic E-state index is 5.43. The first-order chi connectivity index (χ1) is 6.22. The fourth-order valence-corrected chi connectivity index (χ4v) is 1.05. The molecule has 0 aliphatic rings. The topological polar surface area (TPSA) is 51.0 Å². The lowest BCUT2D eigenvalue weighted by atomic mass is 10.1. The van der Waals surface area contributed by atoms with E-state index < -0.39 is 0 Å². The van der Waals surface area contributed by atoms with Gasteiger partial charge in [-0.05, 0) is 13.0 Å². The zero-order valence-electron chi connectivity index (χ0n) is 8.50. The monoisotopic (exact) mass is 183 g/mol. The van der Waals surface area contributed by atoms with Crippen molar-refractivity contribution in [2.24, 2.45) is 5.92 Å². The molecule has 4 nitrogen and oxygen atoms in total. The maximum Gasteiger partial charge on any atom is 0.217 e. The van der Waals surface area contributed by atoms with Crippen molar-refractivity contribution in [1.29, 1.82) is 0 Å². The van der Waals surface area contributed by atoms with E-state index in [1.807, 2.05) is 7.05 Å². The summed E-state index contributed by atoms with van der Waals surface area (Å²) in [5.41, 5.74) is 0. The van der Waals surface area contributed by atoms with E-state index in [9.17, 15) is 0 Å². The first-order valence-electron chi connectivity index (χ1n) is 4.68. The SMILES string of the molecule is CNCCc1nnc(CC(C)C)o1. The predicted octanol–water partition coefficient (Wildman–Crippen LogP) is 1.03. The van der Waals surface area contributed by atoms with Gasteiger partial charge in [-0.15, -0.1) is 10.2 Å². The van der Waals surface area contributed by atoms with Crippen LogP contribution in [0, 0.1) is 5.92 Å². The first kappa shape index (κ1) is 10.2. The second-order valence-corrected chi connectivity index (χ2v) is 3.54. The average molecular weight is 183 g/mol. The van der Waals surface area contributed by atoms with Crippen LogP contribution in [-0.4, -0.2) is 23.8 Å². The van der Waals surface area contributed by atoms with E-state index in [1.165, 1.54) is 0 Å². The van der Waals surface area contributed by atoms with Crippen LogP contribution < -0.4 is 5.32 Å². The molecule has 0 amide bonds. The molecule has 13 heavy (non-hydrogen) atoms. The molecule has 0 unspecified atom stereocenters. The normalized spacial score (nSPS) is 11.1. The van der Waals surface area contributed by atoms with Crippen LogP contribution in [0.5, 0.6) is 0 Å². The van der Waals surface area contributed by atoms with Crippen molar-refractivity contribution in [2.75, 3.05) is 13.6 Å². The fourth-order valence-electron chi connectivity index (χ4n) is 1.05. The minimum absolute atomic E-state index is 0.567. The molecule has 1 N–H and O–H groups in total. The summed E-state index contributed by atoms with van der Waals surface area (Å²) in [5, 5.41) is 11.0. The maximum absolute atomic E-state index is 5.43. The Morgan fingerprint density at radius 1 is 1.31 bits per heavy atom. The number of hydrogen-bond acceptors (Lipinski definition) is 4. The third kappa shape index (κ3) is 3.55. The van der Waals surface area contributed by atoms with Gasteiger partial charge in [0, 0.05) is 19.4 Å². The highest BCUT2D eigenvalue weighted by molar-refractivity contribution is 4.83. The van der Waals surface area contributed by atoms with Crippen molar-refractivity contribution in [2.45, 2.75) is 26.7 Å². The Bertz CT molecular complexity index is 245. The van der Waals surface area contributed by atoms with E-state index in [-0.39, 0.29) is 0 Å². The van der Waals surface area contributed by atoms with Crippen LogP contribution in [0.4, 0.5) is 0 Å². The molecule has 74 valence electrons. The zero-order valence-corrected chi connectivity index (χ0v) is 8.50. The third-order valence-electron chi connectivity index (χ3n) is 1.68. The summed E-state index contributed by atoms with van der Waals surface area (Å²) in [7, 11) is 1.91. The largest absolute Gasteiger partial charge is 0.425 e. The molecule has 0 fully saturated rings. The fraction of sp³-hybridized carbons (Fsp3) is 0.778. The van der Waals surface area contributed by atoms with Gasteiger partial charge in [-0.25, -0.2) is 0 Å². The number of nitrogens with zero attached hydrogens (tertiary/aromatic N) is 2. The Labute approximate surface area is 78.7 Å². The molecule has 0 aliphatic heterocycles. The summed E-state index contributed by atoms with van der Waals surface area (Å²) in [5.74, 6) is 2.05. The smallest absolute Gasteiger partial charge is 0.217 e. The van der Waals surface area contributed by atoms with Crippen LogP contribution in [-0.2, 0) is 12.8 Å². The summed E-state index contributed by atoms with van der Waals surface area (Å²) >= 11 is 0. The van der Waals surface area contributed by atoms with Crippen molar-refractivity contribution in [3.8, 4) is 0 Å². The summed E-state index contributed by atoms with van der Waals surface area (Å²) in [6.45, 7) is 5.15. The Morgan fingerprint density at radius 3 is 2.62 bits per heavy atom. The standard InChI is InChI=1S/C9H17N3O/c1-7(2)6-9-12-11-8(13-9)4-5-10-3/h7,10H,4-6H2,1-3H3. The second kappa shape index (κ2) is 4.97. The Hall–Kier alpha value is -0.900. The van der Waals surface area contributed by atoms with Crippen molar-refractivity contribution < 1.29 is 4.42 Å².